The first-order valence-electron chi connectivity index (χ1n) is 6.69. The first-order valence-corrected chi connectivity index (χ1v) is 11.0. The third kappa shape index (κ3) is 5.66. The highest BCUT2D eigenvalue weighted by atomic mass is 127. The van der Waals surface area contributed by atoms with Gasteiger partial charge in [-0.25, -0.2) is 0 Å². The number of aromatic hydroxyl groups is 1. The lowest BCUT2D eigenvalue weighted by atomic mass is 10.1. The lowest BCUT2D eigenvalue weighted by Crippen LogP contribution is -2.36. The van der Waals surface area contributed by atoms with Crippen LogP contribution in [0.25, 0.3) is 0 Å². The van der Waals surface area contributed by atoms with Crippen LogP contribution in [0.3, 0.4) is 0 Å². The predicted molar refractivity (Wildman–Crippen MR) is 126 cm³/mol. The fourth-order valence-corrected chi connectivity index (χ4v) is 5.80. The van der Waals surface area contributed by atoms with E-state index >= 15 is 0 Å². The van der Waals surface area contributed by atoms with Crippen molar-refractivity contribution >= 4 is 96.3 Å². The van der Waals surface area contributed by atoms with Gasteiger partial charge in [-0.05, 0) is 120 Å². The standard InChI is InChI=1S/C15H11I4NO5/c16-8-4-7(5-9(17)13(8)21)25-14-10(18)1-6(2-11(14)19)3-12(20-24)15(22)23/h1-2,4-5,12,20-21,24H,3H2,(H,22,23). The summed E-state index contributed by atoms with van der Waals surface area (Å²) in [5.74, 6) is 0.368. The van der Waals surface area contributed by atoms with Gasteiger partial charge < -0.3 is 20.2 Å². The van der Waals surface area contributed by atoms with Crippen molar-refractivity contribution in [1.82, 2.24) is 5.48 Å². The van der Waals surface area contributed by atoms with Gasteiger partial charge in [-0.2, -0.15) is 5.48 Å². The minimum absolute atomic E-state index is 0.146. The molecule has 1 unspecified atom stereocenters. The van der Waals surface area contributed by atoms with Crippen molar-refractivity contribution in [2.24, 2.45) is 0 Å². The normalized spacial score (nSPS) is 12.0. The topological polar surface area (TPSA) is 99.0 Å². The van der Waals surface area contributed by atoms with Crippen LogP contribution in [-0.2, 0) is 11.2 Å². The van der Waals surface area contributed by atoms with Crippen molar-refractivity contribution in [3.05, 3.63) is 44.1 Å². The summed E-state index contributed by atoms with van der Waals surface area (Å²) < 4.78 is 9.00. The Hall–Kier alpha value is 0.350. The molecular weight excluding hydrogens is 782 g/mol. The number of ether oxygens (including phenoxy) is 1. The lowest BCUT2D eigenvalue weighted by Gasteiger charge is -2.15. The van der Waals surface area contributed by atoms with Crippen molar-refractivity contribution in [2.45, 2.75) is 12.5 Å². The van der Waals surface area contributed by atoms with Crippen molar-refractivity contribution in [2.75, 3.05) is 0 Å². The highest BCUT2D eigenvalue weighted by Crippen LogP contribution is 2.36. The SMILES string of the molecule is O=C(O)C(Cc1cc(I)c(Oc2cc(I)c(O)c(I)c2)c(I)c1)NO. The molecule has 0 fully saturated rings. The first kappa shape index (κ1) is 21.6. The molecule has 0 radical (unpaired) electrons. The second-order valence-corrected chi connectivity index (χ2v) is 9.60. The van der Waals surface area contributed by atoms with Crippen LogP contribution in [0.5, 0.6) is 17.2 Å². The zero-order valence-corrected chi connectivity index (χ0v) is 20.9. The molecule has 2 aromatic carbocycles. The van der Waals surface area contributed by atoms with E-state index in [1.165, 1.54) is 0 Å². The molecule has 0 aromatic heterocycles. The first-order chi connectivity index (χ1) is 11.7. The molecule has 0 saturated carbocycles. The van der Waals surface area contributed by atoms with E-state index in [0.717, 1.165) is 12.7 Å². The Kier molecular flexibility index (Phi) is 8.24. The minimum atomic E-state index is -1.12. The molecule has 0 heterocycles. The molecule has 0 bridgehead atoms. The number of hydroxylamine groups is 1. The number of hydrogen-bond acceptors (Lipinski definition) is 5. The molecule has 0 amide bonds. The van der Waals surface area contributed by atoms with Gasteiger partial charge in [0.05, 0.1) is 14.3 Å². The number of halogens is 4. The lowest BCUT2D eigenvalue weighted by molar-refractivity contribution is -0.142. The van der Waals surface area contributed by atoms with Crippen LogP contribution >= 0.6 is 90.4 Å². The summed E-state index contributed by atoms with van der Waals surface area (Å²) in [6.07, 6.45) is 0.146. The second-order valence-electron chi connectivity index (χ2n) is 4.95. The fraction of sp³-hybridized carbons (Fsp3) is 0.133. The van der Waals surface area contributed by atoms with Gasteiger partial charge in [0.2, 0.25) is 0 Å². The molecule has 0 aliphatic heterocycles. The largest absolute Gasteiger partial charge is 0.506 e. The third-order valence-electron chi connectivity index (χ3n) is 3.16. The summed E-state index contributed by atoms with van der Waals surface area (Å²) in [6.45, 7) is 0. The zero-order valence-electron chi connectivity index (χ0n) is 12.3. The van der Waals surface area contributed by atoms with Crippen LogP contribution < -0.4 is 10.2 Å². The number of phenols is 1. The summed E-state index contributed by atoms with van der Waals surface area (Å²) in [5, 5.41) is 27.8. The van der Waals surface area contributed by atoms with Gasteiger partial charge in [-0.15, -0.1) is 0 Å². The molecule has 25 heavy (non-hydrogen) atoms. The summed E-state index contributed by atoms with van der Waals surface area (Å²) >= 11 is 8.33. The molecule has 6 nitrogen and oxygen atoms in total. The van der Waals surface area contributed by atoms with Crippen LogP contribution in [0.2, 0.25) is 0 Å². The quantitative estimate of drug-likeness (QED) is 0.253. The van der Waals surface area contributed by atoms with E-state index in [9.17, 15) is 9.90 Å². The van der Waals surface area contributed by atoms with E-state index in [1.54, 1.807) is 17.6 Å². The average molecular weight is 793 g/mol. The Morgan fingerprint density at radius 3 is 2.00 bits per heavy atom. The molecule has 1 atom stereocenters. The number of hydrogen-bond donors (Lipinski definition) is 4. The molecule has 0 aliphatic rings. The number of nitrogens with one attached hydrogen (secondary N) is 1. The Bertz CT molecular complexity index is 768. The summed E-state index contributed by atoms with van der Waals surface area (Å²) in [7, 11) is 0. The van der Waals surface area contributed by atoms with E-state index in [-0.39, 0.29) is 12.2 Å². The average Bonchev–Trinajstić information content (AvgIpc) is 2.53. The monoisotopic (exact) mass is 793 g/mol. The van der Waals surface area contributed by atoms with Crippen LogP contribution in [0, 0.1) is 14.3 Å². The molecule has 134 valence electrons. The van der Waals surface area contributed by atoms with Gasteiger partial charge >= 0.3 is 5.97 Å². The van der Waals surface area contributed by atoms with Gasteiger partial charge in [-0.1, -0.05) is 0 Å². The summed E-state index contributed by atoms with van der Waals surface area (Å²) in [5.41, 5.74) is 2.57. The van der Waals surface area contributed by atoms with E-state index < -0.39 is 12.0 Å². The predicted octanol–water partition coefficient (Wildman–Crippen LogP) is 4.58. The van der Waals surface area contributed by atoms with Crippen LogP contribution in [0.15, 0.2) is 24.3 Å². The Balaban J connectivity index is 2.30. The maximum absolute atomic E-state index is 11.0. The van der Waals surface area contributed by atoms with E-state index in [0.29, 0.717) is 18.6 Å². The van der Waals surface area contributed by atoms with E-state index in [2.05, 4.69) is 45.2 Å². The molecular formula is C15H11I4NO5. The highest BCUT2D eigenvalue weighted by molar-refractivity contribution is 14.1. The third-order valence-corrected chi connectivity index (χ3v) is 6.41. The maximum atomic E-state index is 11.0. The molecule has 0 spiro atoms. The van der Waals surface area contributed by atoms with Gasteiger partial charge in [0.25, 0.3) is 0 Å². The molecule has 0 saturated heterocycles. The van der Waals surface area contributed by atoms with Gasteiger partial charge in [0, 0.05) is 6.42 Å². The van der Waals surface area contributed by atoms with Crippen LogP contribution in [0.4, 0.5) is 0 Å². The second kappa shape index (κ2) is 9.52. The number of phenolic OH excluding ortho intramolecular Hbond substituents is 1. The van der Waals surface area contributed by atoms with Gasteiger partial charge in [0.15, 0.2) is 5.75 Å². The number of carboxylic acids is 1. The Morgan fingerprint density at radius 1 is 1.04 bits per heavy atom. The summed E-state index contributed by atoms with van der Waals surface area (Å²) in [4.78, 5) is 11.0. The van der Waals surface area contributed by atoms with Gasteiger partial charge in [0.1, 0.15) is 17.5 Å². The molecule has 2 aromatic rings. The Labute approximate surface area is 198 Å². The molecule has 0 aliphatic carbocycles. The minimum Gasteiger partial charge on any atom is -0.506 e. The van der Waals surface area contributed by atoms with Crippen molar-refractivity contribution in [3.63, 3.8) is 0 Å². The number of benzene rings is 2. The smallest absolute Gasteiger partial charge is 0.323 e. The Morgan fingerprint density at radius 2 is 1.56 bits per heavy atom. The van der Waals surface area contributed by atoms with E-state index in [1.807, 2.05) is 57.3 Å². The van der Waals surface area contributed by atoms with Crippen molar-refractivity contribution in [3.8, 4) is 17.2 Å². The maximum Gasteiger partial charge on any atom is 0.323 e. The number of rotatable bonds is 6. The van der Waals surface area contributed by atoms with Crippen molar-refractivity contribution < 1.29 is 25.0 Å². The van der Waals surface area contributed by atoms with Crippen LogP contribution in [0.1, 0.15) is 5.56 Å². The number of aliphatic carboxylic acids is 1. The molecule has 2 rings (SSSR count). The van der Waals surface area contributed by atoms with Crippen LogP contribution in [-0.4, -0.2) is 27.4 Å². The molecule has 10 heteroatoms. The number of carboxylic acid groups (broad SMARTS) is 1. The van der Waals surface area contributed by atoms with Crippen molar-refractivity contribution in [1.29, 1.82) is 0 Å². The summed E-state index contributed by atoms with van der Waals surface area (Å²) in [6, 6.07) is 6.06. The molecule has 4 N–H and O–H groups in total. The fourth-order valence-electron chi connectivity index (χ4n) is 1.97. The zero-order chi connectivity index (χ0) is 18.7. The van der Waals surface area contributed by atoms with E-state index in [4.69, 9.17) is 15.1 Å². The number of carbonyl (C=O) groups is 1. The highest BCUT2D eigenvalue weighted by Gasteiger charge is 2.19. The van der Waals surface area contributed by atoms with Gasteiger partial charge in [-0.3, -0.25) is 4.79 Å².